The predicted octanol–water partition coefficient (Wildman–Crippen LogP) is 7.98. The van der Waals surface area contributed by atoms with Gasteiger partial charge in [0.15, 0.2) is 0 Å². The number of unbranched alkanes of at least 4 members (excludes halogenated alkanes) is 11. The zero-order valence-electron chi connectivity index (χ0n) is 21.8. The van der Waals surface area contributed by atoms with Crippen molar-refractivity contribution in [3.8, 4) is 0 Å². The van der Waals surface area contributed by atoms with Crippen molar-refractivity contribution < 1.29 is 14.4 Å². The molecule has 0 spiro atoms. The third-order valence-corrected chi connectivity index (χ3v) is 6.55. The molecular formula is C27H53NO3. The van der Waals surface area contributed by atoms with E-state index >= 15 is 0 Å². The van der Waals surface area contributed by atoms with Gasteiger partial charge in [0.2, 0.25) is 0 Å². The summed E-state index contributed by atoms with van der Waals surface area (Å²) in [5.74, 6) is -0.0217. The molecule has 0 aliphatic carbocycles. The molecule has 1 fully saturated rings. The summed E-state index contributed by atoms with van der Waals surface area (Å²) >= 11 is 0. The average molecular weight is 440 g/mol. The summed E-state index contributed by atoms with van der Waals surface area (Å²) in [6.07, 6.45) is 18.4. The first-order valence-corrected chi connectivity index (χ1v) is 13.4. The van der Waals surface area contributed by atoms with Gasteiger partial charge >= 0.3 is 5.97 Å². The van der Waals surface area contributed by atoms with E-state index in [1.165, 1.54) is 64.2 Å². The molecule has 0 bridgehead atoms. The zero-order valence-corrected chi connectivity index (χ0v) is 21.8. The topological polar surface area (TPSA) is 38.8 Å². The minimum absolute atomic E-state index is 0.0176. The third-order valence-electron chi connectivity index (χ3n) is 6.55. The Balaban J connectivity index is 2.34. The van der Waals surface area contributed by atoms with E-state index in [-0.39, 0.29) is 23.2 Å². The first-order chi connectivity index (χ1) is 14.7. The Bertz CT molecular complexity index is 457. The van der Waals surface area contributed by atoms with E-state index in [2.05, 4.69) is 46.6 Å². The molecule has 0 aromatic rings. The smallest absolute Gasteiger partial charge is 0.306 e. The lowest BCUT2D eigenvalue weighted by Crippen LogP contribution is -2.62. The maximum absolute atomic E-state index is 12.4. The van der Waals surface area contributed by atoms with E-state index in [0.717, 1.165) is 38.7 Å². The fourth-order valence-electron chi connectivity index (χ4n) is 5.11. The van der Waals surface area contributed by atoms with Crippen LogP contribution in [-0.2, 0) is 14.4 Å². The highest BCUT2D eigenvalue weighted by atomic mass is 16.7. The van der Waals surface area contributed by atoms with E-state index in [1.54, 1.807) is 0 Å². The Morgan fingerprint density at radius 2 is 1.19 bits per heavy atom. The molecule has 4 heteroatoms. The fourth-order valence-corrected chi connectivity index (χ4v) is 5.11. The zero-order chi connectivity index (χ0) is 23.2. The van der Waals surface area contributed by atoms with Crippen LogP contribution in [0, 0.1) is 0 Å². The lowest BCUT2D eigenvalue weighted by Gasteiger charge is -2.53. The van der Waals surface area contributed by atoms with Gasteiger partial charge in [-0.1, -0.05) is 84.5 Å². The minimum atomic E-state index is -0.145. The Labute approximate surface area is 193 Å². The molecule has 0 amide bonds. The number of hydrogen-bond donors (Lipinski definition) is 0. The summed E-state index contributed by atoms with van der Waals surface area (Å²) in [6.45, 7) is 14.1. The molecular weight excluding hydrogens is 386 g/mol. The molecule has 1 rings (SSSR count). The van der Waals surface area contributed by atoms with Crippen LogP contribution in [-0.4, -0.2) is 34.8 Å². The van der Waals surface area contributed by atoms with Gasteiger partial charge in [-0.3, -0.25) is 9.63 Å². The molecule has 1 saturated heterocycles. The molecule has 0 saturated carbocycles. The number of rotatable bonds is 17. The van der Waals surface area contributed by atoms with Gasteiger partial charge in [0, 0.05) is 30.3 Å². The summed E-state index contributed by atoms with van der Waals surface area (Å²) in [4.78, 5) is 18.7. The summed E-state index contributed by atoms with van der Waals surface area (Å²) in [7, 11) is 0. The van der Waals surface area contributed by atoms with Gasteiger partial charge in [-0.15, -0.1) is 0 Å². The molecule has 0 N–H and O–H groups in total. The molecule has 0 aromatic carbocycles. The number of hydrogen-bond acceptors (Lipinski definition) is 4. The van der Waals surface area contributed by atoms with Crippen LogP contribution in [0.1, 0.15) is 144 Å². The van der Waals surface area contributed by atoms with E-state index in [4.69, 9.17) is 9.57 Å². The number of carbonyl (C=O) groups excluding carboxylic acids is 1. The lowest BCUT2D eigenvalue weighted by atomic mass is 9.80. The minimum Gasteiger partial charge on any atom is -0.462 e. The van der Waals surface area contributed by atoms with Gasteiger partial charge in [0.25, 0.3) is 0 Å². The standard InChI is InChI=1S/C27H53NO3/c1-7-9-11-13-15-16-18-20-25(29)31-24-22-26(3,4)28(27(5,6)23-24)30-21-19-17-14-12-10-8-2/h24H,7-23H2,1-6H3. The number of piperidine rings is 1. The summed E-state index contributed by atoms with van der Waals surface area (Å²) in [6, 6.07) is 0. The normalized spacial score (nSPS) is 18.9. The van der Waals surface area contributed by atoms with Crippen LogP contribution >= 0.6 is 0 Å². The van der Waals surface area contributed by atoms with Gasteiger partial charge in [0.1, 0.15) is 6.10 Å². The number of nitrogens with zero attached hydrogens (tertiary/aromatic N) is 1. The molecule has 1 heterocycles. The molecule has 0 aromatic heterocycles. The van der Waals surface area contributed by atoms with E-state index in [9.17, 15) is 4.79 Å². The van der Waals surface area contributed by atoms with Crippen LogP contribution < -0.4 is 0 Å². The molecule has 1 aliphatic heterocycles. The van der Waals surface area contributed by atoms with Crippen molar-refractivity contribution in [2.24, 2.45) is 0 Å². The molecule has 0 atom stereocenters. The Morgan fingerprint density at radius 1 is 0.742 bits per heavy atom. The Morgan fingerprint density at radius 3 is 1.71 bits per heavy atom. The highest BCUT2D eigenvalue weighted by Crippen LogP contribution is 2.40. The Kier molecular flexibility index (Phi) is 14.0. The van der Waals surface area contributed by atoms with Crippen molar-refractivity contribution in [1.29, 1.82) is 0 Å². The van der Waals surface area contributed by atoms with E-state index < -0.39 is 0 Å². The third kappa shape index (κ3) is 11.7. The maximum Gasteiger partial charge on any atom is 0.306 e. The van der Waals surface area contributed by atoms with Crippen molar-refractivity contribution in [3.05, 3.63) is 0 Å². The number of carbonyl (C=O) groups is 1. The molecule has 0 radical (unpaired) electrons. The van der Waals surface area contributed by atoms with Crippen LogP contribution in [0.15, 0.2) is 0 Å². The van der Waals surface area contributed by atoms with Crippen LogP contribution in [0.3, 0.4) is 0 Å². The first kappa shape index (κ1) is 28.4. The number of ether oxygens (including phenoxy) is 1. The summed E-state index contributed by atoms with van der Waals surface area (Å²) < 4.78 is 5.92. The van der Waals surface area contributed by atoms with Crippen LogP contribution in [0.5, 0.6) is 0 Å². The largest absolute Gasteiger partial charge is 0.462 e. The second-order valence-electron chi connectivity index (χ2n) is 10.9. The van der Waals surface area contributed by atoms with Crippen molar-refractivity contribution >= 4 is 5.97 Å². The monoisotopic (exact) mass is 439 g/mol. The molecule has 184 valence electrons. The van der Waals surface area contributed by atoms with Crippen molar-refractivity contribution in [3.63, 3.8) is 0 Å². The number of esters is 1. The van der Waals surface area contributed by atoms with E-state index in [0.29, 0.717) is 6.42 Å². The van der Waals surface area contributed by atoms with Gasteiger partial charge in [-0.05, 0) is 40.5 Å². The summed E-state index contributed by atoms with van der Waals surface area (Å²) in [5, 5.41) is 2.19. The summed E-state index contributed by atoms with van der Waals surface area (Å²) in [5.41, 5.74) is -0.289. The van der Waals surface area contributed by atoms with Gasteiger partial charge in [-0.25, -0.2) is 0 Å². The van der Waals surface area contributed by atoms with Crippen molar-refractivity contribution in [1.82, 2.24) is 5.06 Å². The van der Waals surface area contributed by atoms with Crippen molar-refractivity contribution in [2.75, 3.05) is 6.61 Å². The predicted molar refractivity (Wildman–Crippen MR) is 131 cm³/mol. The molecule has 4 nitrogen and oxygen atoms in total. The SMILES string of the molecule is CCCCCCCCCC(=O)OC1CC(C)(C)N(OCCCCCCCC)C(C)(C)C1. The first-order valence-electron chi connectivity index (χ1n) is 13.4. The van der Waals surface area contributed by atoms with Crippen LogP contribution in [0.4, 0.5) is 0 Å². The Hall–Kier alpha value is -0.610. The second-order valence-corrected chi connectivity index (χ2v) is 10.9. The molecule has 0 unspecified atom stereocenters. The second kappa shape index (κ2) is 15.3. The highest BCUT2D eigenvalue weighted by molar-refractivity contribution is 5.69. The van der Waals surface area contributed by atoms with Crippen LogP contribution in [0.2, 0.25) is 0 Å². The quantitative estimate of drug-likeness (QED) is 0.170. The van der Waals surface area contributed by atoms with Gasteiger partial charge in [-0.2, -0.15) is 5.06 Å². The highest BCUT2D eigenvalue weighted by Gasteiger charge is 2.47. The van der Waals surface area contributed by atoms with Crippen LogP contribution in [0.25, 0.3) is 0 Å². The fraction of sp³-hybridized carbons (Fsp3) is 0.963. The lowest BCUT2D eigenvalue weighted by molar-refractivity contribution is -0.293. The van der Waals surface area contributed by atoms with Gasteiger partial charge < -0.3 is 4.74 Å². The average Bonchev–Trinajstić information content (AvgIpc) is 2.67. The molecule has 1 aliphatic rings. The van der Waals surface area contributed by atoms with E-state index in [1.807, 2.05) is 0 Å². The number of hydroxylamine groups is 2. The van der Waals surface area contributed by atoms with Crippen molar-refractivity contribution in [2.45, 2.75) is 161 Å². The van der Waals surface area contributed by atoms with Gasteiger partial charge in [0.05, 0.1) is 6.61 Å². The maximum atomic E-state index is 12.4. The molecule has 31 heavy (non-hydrogen) atoms.